The van der Waals surface area contributed by atoms with Crippen LogP contribution in [0.3, 0.4) is 0 Å². The molecule has 0 amide bonds. The number of hydrogen-bond acceptors (Lipinski definition) is 6. The lowest BCUT2D eigenvalue weighted by Crippen LogP contribution is -2.04. The predicted octanol–water partition coefficient (Wildman–Crippen LogP) is 1.75. The fourth-order valence-corrected chi connectivity index (χ4v) is 2.02. The highest BCUT2D eigenvalue weighted by Gasteiger charge is 2.17. The van der Waals surface area contributed by atoms with Gasteiger partial charge in [-0.25, -0.2) is 4.79 Å². The minimum Gasteiger partial charge on any atom is -0.478 e. The van der Waals surface area contributed by atoms with Crippen LogP contribution in [-0.2, 0) is 6.54 Å². The van der Waals surface area contributed by atoms with Crippen molar-refractivity contribution in [3.05, 3.63) is 29.3 Å². The fraction of sp³-hybridized carbons (Fsp3) is 0.222. The maximum atomic E-state index is 11.0. The van der Waals surface area contributed by atoms with Crippen LogP contribution in [-0.4, -0.2) is 20.6 Å². The van der Waals surface area contributed by atoms with Crippen LogP contribution < -0.4 is 5.32 Å². The molecule has 2 aromatic heterocycles. The molecule has 0 bridgehead atoms. The number of nitrogens with one attached hydrogen (secondary N) is 1. The van der Waals surface area contributed by atoms with Crippen LogP contribution in [0.25, 0.3) is 0 Å². The van der Waals surface area contributed by atoms with Crippen molar-refractivity contribution in [2.45, 2.75) is 13.5 Å². The molecule has 0 atom stereocenters. The molecule has 7 heteroatoms. The van der Waals surface area contributed by atoms with Crippen molar-refractivity contribution in [2.75, 3.05) is 5.32 Å². The van der Waals surface area contributed by atoms with Gasteiger partial charge in [-0.2, -0.15) is 4.37 Å². The molecular weight excluding hydrogens is 230 g/mol. The van der Waals surface area contributed by atoms with Gasteiger partial charge in [-0.1, -0.05) is 5.16 Å². The lowest BCUT2D eigenvalue weighted by Gasteiger charge is -2.01. The number of aromatic carboxylic acids is 1. The van der Waals surface area contributed by atoms with E-state index in [0.29, 0.717) is 22.9 Å². The Morgan fingerprint density at radius 2 is 2.50 bits per heavy atom. The Labute approximate surface area is 95.1 Å². The van der Waals surface area contributed by atoms with Crippen molar-refractivity contribution in [1.29, 1.82) is 0 Å². The van der Waals surface area contributed by atoms with E-state index in [-0.39, 0.29) is 5.56 Å². The molecule has 84 valence electrons. The summed E-state index contributed by atoms with van der Waals surface area (Å²) in [5.74, 6) is -0.978. The van der Waals surface area contributed by atoms with Crippen LogP contribution in [0.1, 0.15) is 21.7 Å². The van der Waals surface area contributed by atoms with Gasteiger partial charge in [-0.3, -0.25) is 0 Å². The van der Waals surface area contributed by atoms with Crippen molar-refractivity contribution >= 4 is 22.5 Å². The number of anilines is 1. The molecule has 2 aromatic rings. The number of hydrogen-bond donors (Lipinski definition) is 2. The lowest BCUT2D eigenvalue weighted by atomic mass is 10.2. The number of carboxylic acids is 1. The topological polar surface area (TPSA) is 88.3 Å². The smallest absolute Gasteiger partial charge is 0.340 e. The van der Waals surface area contributed by atoms with E-state index in [2.05, 4.69) is 19.4 Å². The second-order valence-electron chi connectivity index (χ2n) is 3.12. The van der Waals surface area contributed by atoms with Gasteiger partial charge < -0.3 is 14.9 Å². The maximum Gasteiger partial charge on any atom is 0.340 e. The highest BCUT2D eigenvalue weighted by atomic mass is 32.1. The van der Waals surface area contributed by atoms with Gasteiger partial charge in [0.25, 0.3) is 0 Å². The fourth-order valence-electron chi connectivity index (χ4n) is 1.24. The molecule has 2 rings (SSSR count). The van der Waals surface area contributed by atoms with Gasteiger partial charge >= 0.3 is 5.97 Å². The molecule has 0 aliphatic heterocycles. The average molecular weight is 239 g/mol. The molecule has 0 aliphatic rings. The Hall–Kier alpha value is -1.89. The number of carboxylic acid groups (broad SMARTS) is 1. The van der Waals surface area contributed by atoms with E-state index >= 15 is 0 Å². The van der Waals surface area contributed by atoms with Crippen molar-refractivity contribution in [3.8, 4) is 0 Å². The van der Waals surface area contributed by atoms with Crippen molar-refractivity contribution < 1.29 is 14.4 Å². The van der Waals surface area contributed by atoms with Crippen LogP contribution in [0.4, 0.5) is 5.00 Å². The minimum absolute atomic E-state index is 0.216. The number of carbonyl (C=O) groups is 1. The second-order valence-corrected chi connectivity index (χ2v) is 3.89. The predicted molar refractivity (Wildman–Crippen MR) is 57.6 cm³/mol. The van der Waals surface area contributed by atoms with Gasteiger partial charge in [-0.15, -0.1) is 0 Å². The van der Waals surface area contributed by atoms with Gasteiger partial charge in [0.1, 0.15) is 22.5 Å². The Morgan fingerprint density at radius 3 is 3.12 bits per heavy atom. The second kappa shape index (κ2) is 4.31. The van der Waals surface area contributed by atoms with E-state index in [9.17, 15) is 4.79 Å². The Balaban J connectivity index is 2.13. The van der Waals surface area contributed by atoms with Crippen LogP contribution in [0.5, 0.6) is 0 Å². The number of aromatic nitrogens is 2. The molecule has 0 radical (unpaired) electrons. The largest absolute Gasteiger partial charge is 0.478 e. The van der Waals surface area contributed by atoms with Gasteiger partial charge in [0.2, 0.25) is 0 Å². The molecule has 0 saturated carbocycles. The van der Waals surface area contributed by atoms with Crippen molar-refractivity contribution in [3.63, 3.8) is 0 Å². The van der Waals surface area contributed by atoms with Crippen LogP contribution in [0, 0.1) is 6.92 Å². The zero-order valence-corrected chi connectivity index (χ0v) is 9.24. The summed E-state index contributed by atoms with van der Waals surface area (Å²) in [5, 5.41) is 16.2. The quantitative estimate of drug-likeness (QED) is 0.845. The zero-order chi connectivity index (χ0) is 11.5. The third-order valence-corrected chi connectivity index (χ3v) is 2.89. The maximum absolute atomic E-state index is 11.0. The van der Waals surface area contributed by atoms with E-state index in [0.717, 1.165) is 11.5 Å². The highest BCUT2D eigenvalue weighted by Crippen LogP contribution is 2.24. The first kappa shape index (κ1) is 10.6. The van der Waals surface area contributed by atoms with E-state index in [1.54, 1.807) is 13.0 Å². The summed E-state index contributed by atoms with van der Waals surface area (Å²) >= 11 is 1.13. The number of rotatable bonds is 4. The molecule has 16 heavy (non-hydrogen) atoms. The van der Waals surface area contributed by atoms with Crippen LogP contribution in [0.15, 0.2) is 16.9 Å². The average Bonchev–Trinajstić information content (AvgIpc) is 2.83. The Bertz CT molecular complexity index is 492. The first-order valence-electron chi connectivity index (χ1n) is 4.51. The molecule has 2 heterocycles. The lowest BCUT2D eigenvalue weighted by molar-refractivity contribution is 0.0697. The summed E-state index contributed by atoms with van der Waals surface area (Å²) in [6, 6.07) is 1.71. The molecule has 2 N–H and O–H groups in total. The summed E-state index contributed by atoms with van der Waals surface area (Å²) in [7, 11) is 0. The molecule has 0 fully saturated rings. The first-order valence-corrected chi connectivity index (χ1v) is 5.28. The van der Waals surface area contributed by atoms with Crippen molar-refractivity contribution in [2.24, 2.45) is 0 Å². The number of nitrogens with zero attached hydrogens (tertiary/aromatic N) is 2. The van der Waals surface area contributed by atoms with E-state index in [1.165, 1.54) is 6.26 Å². The van der Waals surface area contributed by atoms with E-state index < -0.39 is 5.97 Å². The Morgan fingerprint density at radius 1 is 1.69 bits per heavy atom. The molecule has 0 saturated heterocycles. The molecule has 0 unspecified atom stereocenters. The normalized spacial score (nSPS) is 10.3. The standard InChI is InChI=1S/C9H9N3O3S/c1-5-7(9(13)14)8(16-12-5)10-4-6-2-3-15-11-6/h2-3,10H,4H2,1H3,(H,13,14). The molecule has 0 aliphatic carbocycles. The minimum atomic E-state index is -0.978. The van der Waals surface area contributed by atoms with Crippen LogP contribution in [0.2, 0.25) is 0 Å². The third kappa shape index (κ3) is 2.03. The van der Waals surface area contributed by atoms with Gasteiger partial charge in [0, 0.05) is 6.07 Å². The van der Waals surface area contributed by atoms with Crippen molar-refractivity contribution in [1.82, 2.24) is 9.53 Å². The zero-order valence-electron chi connectivity index (χ0n) is 8.43. The SMILES string of the molecule is Cc1nsc(NCc2ccon2)c1C(=O)O. The van der Waals surface area contributed by atoms with Gasteiger partial charge in [-0.05, 0) is 18.5 Å². The molecular formula is C9H9N3O3S. The number of aryl methyl sites for hydroxylation is 1. The van der Waals surface area contributed by atoms with Gasteiger partial charge in [0.05, 0.1) is 12.2 Å². The molecule has 0 aromatic carbocycles. The summed E-state index contributed by atoms with van der Waals surface area (Å²) in [4.78, 5) is 11.0. The Kier molecular flexibility index (Phi) is 2.86. The third-order valence-electron chi connectivity index (χ3n) is 2.00. The van der Waals surface area contributed by atoms with Gasteiger partial charge in [0.15, 0.2) is 0 Å². The summed E-state index contributed by atoms with van der Waals surface area (Å²) in [5.41, 5.74) is 1.44. The molecule has 6 nitrogen and oxygen atoms in total. The van der Waals surface area contributed by atoms with E-state index in [1.807, 2.05) is 0 Å². The highest BCUT2D eigenvalue weighted by molar-refractivity contribution is 7.10. The summed E-state index contributed by atoms with van der Waals surface area (Å²) < 4.78 is 8.66. The first-order chi connectivity index (χ1) is 7.68. The molecule has 0 spiro atoms. The van der Waals surface area contributed by atoms with Crippen LogP contribution >= 0.6 is 11.5 Å². The van der Waals surface area contributed by atoms with E-state index in [4.69, 9.17) is 5.11 Å². The summed E-state index contributed by atoms with van der Waals surface area (Å²) in [6.45, 7) is 2.08. The monoisotopic (exact) mass is 239 g/mol. The summed E-state index contributed by atoms with van der Waals surface area (Å²) in [6.07, 6.45) is 1.47.